The van der Waals surface area contributed by atoms with Gasteiger partial charge in [-0.25, -0.2) is 0 Å². The minimum atomic E-state index is -0.269. The Morgan fingerprint density at radius 3 is 2.10 bits per heavy atom. The van der Waals surface area contributed by atoms with Crippen LogP contribution >= 0.6 is 0 Å². The maximum absolute atomic E-state index is 12.5. The first-order valence-electron chi connectivity index (χ1n) is 9.66. The monoisotopic (exact) mass is 415 g/mol. The summed E-state index contributed by atoms with van der Waals surface area (Å²) >= 11 is 0. The number of rotatable bonds is 7. The predicted octanol–water partition coefficient (Wildman–Crippen LogP) is 3.35. The van der Waals surface area contributed by atoms with Crippen molar-refractivity contribution in [1.29, 1.82) is 5.41 Å². The molecule has 31 heavy (non-hydrogen) atoms. The van der Waals surface area contributed by atoms with Crippen LogP contribution in [0.15, 0.2) is 66.7 Å². The highest BCUT2D eigenvalue weighted by Gasteiger charge is 2.34. The second-order valence-corrected chi connectivity index (χ2v) is 7.13. The summed E-state index contributed by atoms with van der Waals surface area (Å²) in [6.07, 6.45) is 0. The fourth-order valence-corrected chi connectivity index (χ4v) is 3.42. The SMILES string of the molecule is COc1cc(C(=N)N)ccc1OCc1ccc(CN2C(=O)c3ccccc3C2=O)cc1. The molecule has 0 aliphatic carbocycles. The van der Waals surface area contributed by atoms with E-state index >= 15 is 0 Å². The Morgan fingerprint density at radius 2 is 1.52 bits per heavy atom. The predicted molar refractivity (Wildman–Crippen MR) is 115 cm³/mol. The summed E-state index contributed by atoms with van der Waals surface area (Å²) in [5, 5.41) is 7.51. The van der Waals surface area contributed by atoms with Gasteiger partial charge in [-0.15, -0.1) is 0 Å². The van der Waals surface area contributed by atoms with Gasteiger partial charge in [0.25, 0.3) is 11.8 Å². The zero-order valence-electron chi connectivity index (χ0n) is 16.9. The van der Waals surface area contributed by atoms with Gasteiger partial charge in [0.15, 0.2) is 11.5 Å². The number of ether oxygens (including phenoxy) is 2. The topological polar surface area (TPSA) is 106 Å². The van der Waals surface area contributed by atoms with Crippen molar-refractivity contribution in [2.24, 2.45) is 5.73 Å². The van der Waals surface area contributed by atoms with Gasteiger partial charge in [-0.1, -0.05) is 36.4 Å². The molecule has 3 aromatic carbocycles. The molecular weight excluding hydrogens is 394 g/mol. The summed E-state index contributed by atoms with van der Waals surface area (Å²) in [5.74, 6) is 0.458. The molecule has 7 heteroatoms. The lowest BCUT2D eigenvalue weighted by atomic mass is 10.1. The Hall–Kier alpha value is -4.13. The molecule has 0 radical (unpaired) electrons. The lowest BCUT2D eigenvalue weighted by Gasteiger charge is -2.15. The van der Waals surface area contributed by atoms with Crippen LogP contribution in [0.1, 0.15) is 37.4 Å². The van der Waals surface area contributed by atoms with Crippen LogP contribution in [0, 0.1) is 5.41 Å². The lowest BCUT2D eigenvalue weighted by molar-refractivity contribution is 0.0642. The minimum absolute atomic E-state index is 0.0431. The maximum atomic E-state index is 12.5. The number of amidine groups is 1. The smallest absolute Gasteiger partial charge is 0.261 e. The van der Waals surface area contributed by atoms with E-state index in [0.29, 0.717) is 34.8 Å². The Labute approximate surface area is 179 Å². The van der Waals surface area contributed by atoms with Crippen molar-refractivity contribution in [3.63, 3.8) is 0 Å². The first-order valence-corrected chi connectivity index (χ1v) is 9.66. The molecule has 0 bridgehead atoms. The average Bonchev–Trinajstić information content (AvgIpc) is 3.03. The van der Waals surface area contributed by atoms with Crippen LogP contribution in [0.2, 0.25) is 0 Å². The fourth-order valence-electron chi connectivity index (χ4n) is 3.42. The first-order chi connectivity index (χ1) is 15.0. The second-order valence-electron chi connectivity index (χ2n) is 7.13. The van der Waals surface area contributed by atoms with Crippen molar-refractivity contribution in [1.82, 2.24) is 4.90 Å². The Bertz CT molecular complexity index is 1140. The van der Waals surface area contributed by atoms with Gasteiger partial charge in [0, 0.05) is 5.56 Å². The van der Waals surface area contributed by atoms with Crippen LogP contribution in [-0.4, -0.2) is 29.7 Å². The molecule has 0 fully saturated rings. The molecule has 3 aromatic rings. The first kappa shape index (κ1) is 20.2. The number of hydrogen-bond acceptors (Lipinski definition) is 5. The quantitative estimate of drug-likeness (QED) is 0.350. The molecule has 1 heterocycles. The Kier molecular flexibility index (Phi) is 5.41. The number of imide groups is 1. The van der Waals surface area contributed by atoms with E-state index in [1.165, 1.54) is 12.0 Å². The van der Waals surface area contributed by atoms with Gasteiger partial charge in [-0.05, 0) is 41.5 Å². The van der Waals surface area contributed by atoms with Crippen molar-refractivity contribution < 1.29 is 19.1 Å². The van der Waals surface area contributed by atoms with E-state index < -0.39 is 0 Å². The molecule has 0 aromatic heterocycles. The molecule has 2 amide bonds. The number of carbonyl (C=O) groups is 2. The third-order valence-electron chi connectivity index (χ3n) is 5.11. The van der Waals surface area contributed by atoms with Gasteiger partial charge in [-0.2, -0.15) is 0 Å². The van der Waals surface area contributed by atoms with Gasteiger partial charge in [0.05, 0.1) is 24.8 Å². The molecule has 0 spiro atoms. The molecule has 7 nitrogen and oxygen atoms in total. The third-order valence-corrected chi connectivity index (χ3v) is 5.11. The van der Waals surface area contributed by atoms with Crippen LogP contribution in [-0.2, 0) is 13.2 Å². The average molecular weight is 415 g/mol. The standard InChI is InChI=1S/C24H21N3O4/c1-30-21-12-17(22(25)26)10-11-20(21)31-14-16-8-6-15(7-9-16)13-27-23(28)18-4-2-3-5-19(18)24(27)29/h2-12H,13-14H2,1H3,(H3,25,26). The third kappa shape index (κ3) is 3.98. The number of nitrogens with one attached hydrogen (secondary N) is 1. The maximum Gasteiger partial charge on any atom is 0.261 e. The molecule has 0 unspecified atom stereocenters. The summed E-state index contributed by atoms with van der Waals surface area (Å²) < 4.78 is 11.2. The van der Waals surface area contributed by atoms with Crippen LogP contribution < -0.4 is 15.2 Å². The summed E-state index contributed by atoms with van der Waals surface area (Å²) in [6.45, 7) is 0.525. The van der Waals surface area contributed by atoms with Crippen molar-refractivity contribution in [2.45, 2.75) is 13.2 Å². The molecule has 3 N–H and O–H groups in total. The number of methoxy groups -OCH3 is 1. The number of carbonyl (C=O) groups excluding carboxylic acids is 2. The molecule has 1 aliphatic rings. The van der Waals surface area contributed by atoms with Gasteiger partial charge in [0.1, 0.15) is 12.4 Å². The number of hydrogen-bond donors (Lipinski definition) is 2. The van der Waals surface area contributed by atoms with E-state index in [9.17, 15) is 9.59 Å². The molecule has 1 aliphatic heterocycles. The van der Waals surface area contributed by atoms with Crippen molar-refractivity contribution in [3.8, 4) is 11.5 Å². The molecule has 156 valence electrons. The van der Waals surface area contributed by atoms with Crippen LogP contribution in [0.5, 0.6) is 11.5 Å². The number of benzene rings is 3. The van der Waals surface area contributed by atoms with E-state index in [1.807, 2.05) is 24.3 Å². The minimum Gasteiger partial charge on any atom is -0.493 e. The van der Waals surface area contributed by atoms with Gasteiger partial charge < -0.3 is 15.2 Å². The highest BCUT2D eigenvalue weighted by molar-refractivity contribution is 6.21. The number of fused-ring (bicyclic) bond motifs is 1. The number of nitrogens with zero attached hydrogens (tertiary/aromatic N) is 1. The number of nitrogens with two attached hydrogens (primary N) is 1. The fraction of sp³-hybridized carbons (Fsp3) is 0.125. The molecule has 0 atom stereocenters. The Morgan fingerprint density at radius 1 is 0.903 bits per heavy atom. The van der Waals surface area contributed by atoms with E-state index in [0.717, 1.165) is 11.1 Å². The largest absolute Gasteiger partial charge is 0.493 e. The normalized spacial score (nSPS) is 12.6. The highest BCUT2D eigenvalue weighted by Crippen LogP contribution is 2.29. The number of nitrogen functional groups attached to an aromatic ring is 1. The van der Waals surface area contributed by atoms with Gasteiger partial charge in [0.2, 0.25) is 0 Å². The van der Waals surface area contributed by atoms with Crippen molar-refractivity contribution in [3.05, 3.63) is 94.5 Å². The number of amides is 2. The second kappa shape index (κ2) is 8.31. The summed E-state index contributed by atoms with van der Waals surface area (Å²) in [6, 6.07) is 19.5. The van der Waals surface area contributed by atoms with Crippen molar-refractivity contribution in [2.75, 3.05) is 7.11 Å². The van der Waals surface area contributed by atoms with Crippen LogP contribution in [0.25, 0.3) is 0 Å². The lowest BCUT2D eigenvalue weighted by Crippen LogP contribution is -2.29. The van der Waals surface area contributed by atoms with Crippen LogP contribution in [0.4, 0.5) is 0 Å². The summed E-state index contributed by atoms with van der Waals surface area (Å²) in [4.78, 5) is 26.3. The van der Waals surface area contributed by atoms with Crippen LogP contribution in [0.3, 0.4) is 0 Å². The Balaban J connectivity index is 1.41. The van der Waals surface area contributed by atoms with Crippen molar-refractivity contribution >= 4 is 17.6 Å². The molecule has 4 rings (SSSR count). The molecule has 0 saturated carbocycles. The van der Waals surface area contributed by atoms with E-state index in [1.54, 1.807) is 42.5 Å². The summed E-state index contributed by atoms with van der Waals surface area (Å²) in [7, 11) is 1.53. The van der Waals surface area contributed by atoms with E-state index in [2.05, 4.69) is 0 Å². The van der Waals surface area contributed by atoms with E-state index in [-0.39, 0.29) is 24.2 Å². The molecule has 0 saturated heterocycles. The summed E-state index contributed by atoms with van der Waals surface area (Å²) in [5.41, 5.74) is 8.73. The molecular formula is C24H21N3O4. The zero-order chi connectivity index (χ0) is 22.0. The zero-order valence-corrected chi connectivity index (χ0v) is 16.9. The van der Waals surface area contributed by atoms with Gasteiger partial charge in [-0.3, -0.25) is 19.9 Å². The van der Waals surface area contributed by atoms with Gasteiger partial charge >= 0.3 is 0 Å². The van der Waals surface area contributed by atoms with E-state index in [4.69, 9.17) is 20.6 Å². The highest BCUT2D eigenvalue weighted by atomic mass is 16.5.